The standard InChI is InChI=1S/C11H21NO/c1-9(2)12-7-8-13-11-6-4-3-5-10(11)12/h9-11H,3-8H2,1-2H3/t10-,11+/m0/s1. The van der Waals surface area contributed by atoms with Crippen LogP contribution in [0.4, 0.5) is 0 Å². The average Bonchev–Trinajstić information content (AvgIpc) is 2.17. The summed E-state index contributed by atoms with van der Waals surface area (Å²) in [5.74, 6) is 0. The SMILES string of the molecule is CC(C)N1CCO[C@@H]2CCCC[C@@H]21. The Labute approximate surface area is 81.3 Å². The van der Waals surface area contributed by atoms with Crippen molar-refractivity contribution in [2.75, 3.05) is 13.2 Å². The van der Waals surface area contributed by atoms with E-state index in [9.17, 15) is 0 Å². The topological polar surface area (TPSA) is 12.5 Å². The molecule has 0 radical (unpaired) electrons. The summed E-state index contributed by atoms with van der Waals surface area (Å²) in [5, 5.41) is 0. The Morgan fingerprint density at radius 1 is 1.23 bits per heavy atom. The molecule has 1 saturated carbocycles. The van der Waals surface area contributed by atoms with E-state index in [2.05, 4.69) is 18.7 Å². The molecule has 0 aromatic heterocycles. The largest absolute Gasteiger partial charge is 0.375 e. The van der Waals surface area contributed by atoms with Gasteiger partial charge in [0.25, 0.3) is 0 Å². The minimum atomic E-state index is 0.546. The molecule has 0 unspecified atom stereocenters. The molecule has 76 valence electrons. The van der Waals surface area contributed by atoms with Gasteiger partial charge in [0.15, 0.2) is 0 Å². The zero-order valence-corrected chi connectivity index (χ0v) is 8.83. The summed E-state index contributed by atoms with van der Waals surface area (Å²) in [6, 6.07) is 1.41. The molecule has 1 aliphatic carbocycles. The van der Waals surface area contributed by atoms with Crippen LogP contribution in [0.3, 0.4) is 0 Å². The molecule has 0 spiro atoms. The summed E-state index contributed by atoms with van der Waals surface area (Å²) in [7, 11) is 0. The fourth-order valence-corrected chi connectivity index (χ4v) is 2.77. The predicted molar refractivity (Wildman–Crippen MR) is 53.8 cm³/mol. The van der Waals surface area contributed by atoms with Gasteiger partial charge < -0.3 is 4.74 Å². The first-order chi connectivity index (χ1) is 6.29. The van der Waals surface area contributed by atoms with E-state index in [4.69, 9.17) is 4.74 Å². The second-order valence-corrected chi connectivity index (χ2v) is 4.59. The Kier molecular flexibility index (Phi) is 2.89. The van der Waals surface area contributed by atoms with Crippen molar-refractivity contribution in [3.05, 3.63) is 0 Å². The smallest absolute Gasteiger partial charge is 0.0731 e. The number of morpholine rings is 1. The van der Waals surface area contributed by atoms with Crippen molar-refractivity contribution in [1.82, 2.24) is 4.90 Å². The highest BCUT2D eigenvalue weighted by Crippen LogP contribution is 2.29. The number of nitrogens with zero attached hydrogens (tertiary/aromatic N) is 1. The van der Waals surface area contributed by atoms with Gasteiger partial charge in [0.05, 0.1) is 12.7 Å². The number of hydrogen-bond donors (Lipinski definition) is 0. The van der Waals surface area contributed by atoms with E-state index >= 15 is 0 Å². The van der Waals surface area contributed by atoms with Gasteiger partial charge in [0, 0.05) is 18.6 Å². The summed E-state index contributed by atoms with van der Waals surface area (Å²) in [6.07, 6.45) is 5.95. The van der Waals surface area contributed by atoms with Crippen LogP contribution >= 0.6 is 0 Å². The van der Waals surface area contributed by atoms with Crippen LogP contribution in [0.25, 0.3) is 0 Å². The third kappa shape index (κ3) is 1.89. The van der Waals surface area contributed by atoms with E-state index in [1.165, 1.54) is 25.7 Å². The lowest BCUT2D eigenvalue weighted by molar-refractivity contribution is -0.0979. The van der Waals surface area contributed by atoms with Crippen LogP contribution in [0.5, 0.6) is 0 Å². The molecule has 0 aromatic rings. The first kappa shape index (κ1) is 9.47. The molecule has 1 heterocycles. The first-order valence-corrected chi connectivity index (χ1v) is 5.66. The summed E-state index contributed by atoms with van der Waals surface area (Å²) in [6.45, 7) is 6.69. The molecule has 1 saturated heterocycles. The Morgan fingerprint density at radius 2 is 2.00 bits per heavy atom. The molecule has 0 amide bonds. The third-order valence-corrected chi connectivity index (χ3v) is 3.44. The molecule has 2 aliphatic rings. The highest BCUT2D eigenvalue weighted by Gasteiger charge is 2.34. The highest BCUT2D eigenvalue weighted by molar-refractivity contribution is 4.88. The van der Waals surface area contributed by atoms with Gasteiger partial charge in [-0.1, -0.05) is 12.8 Å². The molecule has 0 bridgehead atoms. The van der Waals surface area contributed by atoms with Crippen molar-refractivity contribution in [1.29, 1.82) is 0 Å². The van der Waals surface area contributed by atoms with Crippen molar-refractivity contribution in [3.63, 3.8) is 0 Å². The van der Waals surface area contributed by atoms with Crippen molar-refractivity contribution in [2.45, 2.75) is 57.7 Å². The van der Waals surface area contributed by atoms with E-state index in [0.29, 0.717) is 12.1 Å². The minimum absolute atomic E-state index is 0.546. The monoisotopic (exact) mass is 183 g/mol. The molecule has 2 atom stereocenters. The average molecular weight is 183 g/mol. The second kappa shape index (κ2) is 3.97. The Morgan fingerprint density at radius 3 is 2.77 bits per heavy atom. The van der Waals surface area contributed by atoms with Crippen LogP contribution in [0.1, 0.15) is 39.5 Å². The molecule has 2 heteroatoms. The van der Waals surface area contributed by atoms with Crippen LogP contribution < -0.4 is 0 Å². The lowest BCUT2D eigenvalue weighted by atomic mass is 9.89. The van der Waals surface area contributed by atoms with E-state index in [1.54, 1.807) is 0 Å². The molecule has 0 N–H and O–H groups in total. The molecule has 2 nitrogen and oxygen atoms in total. The number of rotatable bonds is 1. The molecule has 2 fully saturated rings. The molecular formula is C11H21NO. The van der Waals surface area contributed by atoms with E-state index < -0.39 is 0 Å². The zero-order valence-electron chi connectivity index (χ0n) is 8.83. The molecule has 13 heavy (non-hydrogen) atoms. The van der Waals surface area contributed by atoms with Crippen LogP contribution in [0.2, 0.25) is 0 Å². The second-order valence-electron chi connectivity index (χ2n) is 4.59. The maximum atomic E-state index is 5.82. The van der Waals surface area contributed by atoms with E-state index in [0.717, 1.165) is 19.2 Å². The molecule has 0 aromatic carbocycles. The van der Waals surface area contributed by atoms with E-state index in [1.807, 2.05) is 0 Å². The predicted octanol–water partition coefficient (Wildman–Crippen LogP) is 2.04. The zero-order chi connectivity index (χ0) is 9.26. The number of fused-ring (bicyclic) bond motifs is 1. The first-order valence-electron chi connectivity index (χ1n) is 5.66. The van der Waals surface area contributed by atoms with Gasteiger partial charge in [-0.2, -0.15) is 0 Å². The van der Waals surface area contributed by atoms with Crippen molar-refractivity contribution in [2.24, 2.45) is 0 Å². The Hall–Kier alpha value is -0.0800. The van der Waals surface area contributed by atoms with Crippen LogP contribution in [0.15, 0.2) is 0 Å². The van der Waals surface area contributed by atoms with E-state index in [-0.39, 0.29) is 0 Å². The summed E-state index contributed by atoms with van der Waals surface area (Å²) in [5.41, 5.74) is 0. The molecular weight excluding hydrogens is 162 g/mol. The maximum absolute atomic E-state index is 5.82. The van der Waals surface area contributed by atoms with Gasteiger partial charge >= 0.3 is 0 Å². The fourth-order valence-electron chi connectivity index (χ4n) is 2.77. The van der Waals surface area contributed by atoms with Crippen molar-refractivity contribution in [3.8, 4) is 0 Å². The lowest BCUT2D eigenvalue weighted by Gasteiger charge is -2.45. The summed E-state index contributed by atoms with van der Waals surface area (Å²) < 4.78 is 5.82. The van der Waals surface area contributed by atoms with Gasteiger partial charge in [-0.15, -0.1) is 0 Å². The van der Waals surface area contributed by atoms with Gasteiger partial charge in [-0.25, -0.2) is 0 Å². The van der Waals surface area contributed by atoms with Crippen LogP contribution in [-0.4, -0.2) is 36.2 Å². The van der Waals surface area contributed by atoms with Gasteiger partial charge in [0.1, 0.15) is 0 Å². The summed E-state index contributed by atoms with van der Waals surface area (Å²) in [4.78, 5) is 2.63. The van der Waals surface area contributed by atoms with Gasteiger partial charge in [-0.05, 0) is 26.7 Å². The maximum Gasteiger partial charge on any atom is 0.0731 e. The van der Waals surface area contributed by atoms with Crippen LogP contribution in [0, 0.1) is 0 Å². The third-order valence-electron chi connectivity index (χ3n) is 3.44. The Bertz CT molecular complexity index is 167. The summed E-state index contributed by atoms with van der Waals surface area (Å²) >= 11 is 0. The normalized spacial score (nSPS) is 36.2. The van der Waals surface area contributed by atoms with Crippen molar-refractivity contribution < 1.29 is 4.74 Å². The van der Waals surface area contributed by atoms with Crippen LogP contribution in [-0.2, 0) is 4.74 Å². The van der Waals surface area contributed by atoms with Gasteiger partial charge in [0.2, 0.25) is 0 Å². The van der Waals surface area contributed by atoms with Gasteiger partial charge in [-0.3, -0.25) is 4.90 Å². The number of ether oxygens (including phenoxy) is 1. The Balaban J connectivity index is 2.02. The van der Waals surface area contributed by atoms with Crippen molar-refractivity contribution >= 4 is 0 Å². The quantitative estimate of drug-likeness (QED) is 0.617. The lowest BCUT2D eigenvalue weighted by Crippen LogP contribution is -2.54. The fraction of sp³-hybridized carbons (Fsp3) is 1.00. The number of hydrogen-bond acceptors (Lipinski definition) is 2. The highest BCUT2D eigenvalue weighted by atomic mass is 16.5. The molecule has 1 aliphatic heterocycles. The minimum Gasteiger partial charge on any atom is -0.375 e. The molecule has 2 rings (SSSR count).